The van der Waals surface area contributed by atoms with Gasteiger partial charge in [-0.3, -0.25) is 9.80 Å². The molecule has 0 unspecified atom stereocenters. The van der Waals surface area contributed by atoms with Gasteiger partial charge in [0, 0.05) is 18.5 Å². The van der Waals surface area contributed by atoms with Gasteiger partial charge in [-0.05, 0) is 93.2 Å². The van der Waals surface area contributed by atoms with E-state index in [2.05, 4.69) is 14.6 Å². The number of hydrogen-bond donors (Lipinski definition) is 0. The van der Waals surface area contributed by atoms with E-state index in [0.717, 1.165) is 38.0 Å². The average Bonchev–Trinajstić information content (AvgIpc) is 3.16. The smallest absolute Gasteiger partial charge is 0.415 e. The van der Waals surface area contributed by atoms with Crippen LogP contribution in [0, 0.1) is 5.92 Å². The first-order valence-electron chi connectivity index (χ1n) is 17.7. The van der Waals surface area contributed by atoms with Crippen molar-refractivity contribution in [3.63, 3.8) is 0 Å². The summed E-state index contributed by atoms with van der Waals surface area (Å²) in [6.07, 6.45) is 3.15. The molecule has 7 rings (SSSR count). The van der Waals surface area contributed by atoms with Crippen LogP contribution in [0.3, 0.4) is 0 Å². The molecule has 1 N–H and O–H groups in total. The van der Waals surface area contributed by atoms with E-state index in [-0.39, 0.29) is 42.2 Å². The Labute approximate surface area is 322 Å². The summed E-state index contributed by atoms with van der Waals surface area (Å²) >= 11 is 13.0. The highest BCUT2D eigenvalue weighted by molar-refractivity contribution is 6.35. The molecule has 10 nitrogen and oxygen atoms in total. The maximum atomic E-state index is 13.8. The topological polar surface area (TPSA) is 101 Å². The highest BCUT2D eigenvalue weighted by Crippen LogP contribution is 2.37. The number of H-pyrrole nitrogens is 1. The Morgan fingerprint density at radius 1 is 0.926 bits per heavy atom. The lowest BCUT2D eigenvalue weighted by molar-refractivity contribution is -0.377. The molecule has 4 aromatic rings. The summed E-state index contributed by atoms with van der Waals surface area (Å²) in [5, 5.41) is 0.631. The number of esters is 1. The third kappa shape index (κ3) is 9.52. The average molecular weight is 786 g/mol. The van der Waals surface area contributed by atoms with Gasteiger partial charge in [0.2, 0.25) is 0 Å². The molecule has 286 valence electrons. The molecule has 54 heavy (non-hydrogen) atoms. The van der Waals surface area contributed by atoms with E-state index >= 15 is 0 Å². The number of amides is 1. The van der Waals surface area contributed by atoms with E-state index in [1.54, 1.807) is 74.6 Å². The number of nitrogens with zero attached hydrogens (tertiary/aromatic N) is 2. The SMILES string of the molecule is COc1ccccc1N(Cc1ccc(C(=O)O[C@@H](Cc2c(Cl)c[nH+]cc2Cl)c2ccc(OC(F)F)c(OC(C)C)c2)cc1)C(=O)O[C@H]1CN2CCC1CC2. The van der Waals surface area contributed by atoms with E-state index in [1.165, 1.54) is 18.2 Å². The lowest BCUT2D eigenvalue weighted by Crippen LogP contribution is -2.53. The number of rotatable bonds is 14. The second-order valence-electron chi connectivity index (χ2n) is 13.5. The van der Waals surface area contributed by atoms with E-state index in [4.69, 9.17) is 42.1 Å². The molecule has 2 bridgehead atoms. The van der Waals surface area contributed by atoms with Gasteiger partial charge >= 0.3 is 18.7 Å². The molecular weight excluding hydrogens is 743 g/mol. The summed E-state index contributed by atoms with van der Waals surface area (Å²) in [5.41, 5.74) is 2.46. The number of pyridine rings is 1. The van der Waals surface area contributed by atoms with Gasteiger partial charge in [-0.2, -0.15) is 8.78 Å². The number of carbonyl (C=O) groups excluding carboxylic acids is 2. The van der Waals surface area contributed by atoms with E-state index in [0.29, 0.717) is 38.5 Å². The Bertz CT molecular complexity index is 1910. The summed E-state index contributed by atoms with van der Waals surface area (Å²) in [7, 11) is 1.55. The molecule has 3 aromatic carbocycles. The first-order valence-corrected chi connectivity index (χ1v) is 18.5. The molecule has 0 aliphatic carbocycles. The summed E-state index contributed by atoms with van der Waals surface area (Å²) in [6.45, 7) is 3.33. The minimum absolute atomic E-state index is 0.0541. The number of benzene rings is 3. The molecule has 3 saturated heterocycles. The van der Waals surface area contributed by atoms with Crippen molar-refractivity contribution in [3.8, 4) is 17.2 Å². The molecule has 0 radical (unpaired) electrons. The van der Waals surface area contributed by atoms with Crippen LogP contribution in [0.15, 0.2) is 79.1 Å². The van der Waals surface area contributed by atoms with Crippen LogP contribution >= 0.6 is 23.2 Å². The molecule has 4 heterocycles. The lowest BCUT2D eigenvalue weighted by atomic mass is 9.86. The van der Waals surface area contributed by atoms with Crippen LogP contribution in [-0.4, -0.2) is 62.5 Å². The summed E-state index contributed by atoms with van der Waals surface area (Å²) < 4.78 is 54.7. The van der Waals surface area contributed by atoms with Crippen LogP contribution in [-0.2, 0) is 22.4 Å². The van der Waals surface area contributed by atoms with Crippen molar-refractivity contribution >= 4 is 41.0 Å². The van der Waals surface area contributed by atoms with Crippen molar-refractivity contribution in [2.75, 3.05) is 31.6 Å². The number of halogens is 4. The van der Waals surface area contributed by atoms with Crippen molar-refractivity contribution in [2.24, 2.45) is 5.92 Å². The number of alkyl halides is 2. The first kappa shape index (κ1) is 39.1. The normalized spacial score (nSPS) is 18.3. The minimum atomic E-state index is -3.07. The van der Waals surface area contributed by atoms with Gasteiger partial charge in [0.1, 0.15) is 28.0 Å². The summed E-state index contributed by atoms with van der Waals surface area (Å²) in [5.74, 6) is 0.0746. The van der Waals surface area contributed by atoms with Crippen molar-refractivity contribution < 1.29 is 47.0 Å². The second-order valence-corrected chi connectivity index (χ2v) is 14.3. The Morgan fingerprint density at radius 3 is 2.26 bits per heavy atom. The van der Waals surface area contributed by atoms with Crippen LogP contribution in [0.1, 0.15) is 59.8 Å². The largest absolute Gasteiger partial charge is 0.495 e. The molecule has 3 fully saturated rings. The summed E-state index contributed by atoms with van der Waals surface area (Å²) in [4.78, 5) is 34.3. The zero-order valence-corrected chi connectivity index (χ0v) is 31.6. The molecule has 0 saturated carbocycles. The Balaban J connectivity index is 1.24. The standard InChI is InChI=1S/C40H41Cl2F2N3O7/c1-24(2)51-36-18-28(12-13-34(36)53-39(43)44)35(19-29-30(41)20-45-21-31(29)42)52-38(48)27-10-8-25(9-11-27)22-47(32-6-4-5-7-33(32)50-3)40(49)54-37-23-46-16-14-26(37)15-17-46/h4-13,18,20-21,24,26,35,37,39H,14-17,19,22-23H2,1-3H3/p+1/t35-,37-/m0/s1. The first-order chi connectivity index (χ1) is 26.0. The zero-order valence-electron chi connectivity index (χ0n) is 30.1. The van der Waals surface area contributed by atoms with Crippen molar-refractivity contribution in [1.82, 2.24) is 4.90 Å². The third-order valence-electron chi connectivity index (χ3n) is 9.53. The van der Waals surface area contributed by atoms with Crippen LogP contribution in [0.25, 0.3) is 0 Å². The molecular formula is C40H42Cl2F2N3O7+. The number of aromatic amines is 1. The fraction of sp³-hybridized carbons (Fsp3) is 0.375. The Hall–Kier alpha value is -4.65. The lowest BCUT2D eigenvalue weighted by Gasteiger charge is -2.44. The fourth-order valence-electron chi connectivity index (χ4n) is 6.81. The third-order valence-corrected chi connectivity index (χ3v) is 10.2. The number of hydrogen-bond acceptors (Lipinski definition) is 8. The van der Waals surface area contributed by atoms with Gasteiger partial charge in [-0.1, -0.05) is 53.5 Å². The number of para-hydroxylation sites is 2. The number of methoxy groups -OCH3 is 1. The maximum Gasteiger partial charge on any atom is 0.415 e. The number of anilines is 1. The van der Waals surface area contributed by atoms with Crippen LogP contribution < -0.4 is 24.1 Å². The van der Waals surface area contributed by atoms with Gasteiger partial charge in [0.15, 0.2) is 23.9 Å². The van der Waals surface area contributed by atoms with Gasteiger partial charge < -0.3 is 23.7 Å². The second kappa shape index (κ2) is 17.7. The van der Waals surface area contributed by atoms with Crippen molar-refractivity contribution in [1.29, 1.82) is 0 Å². The van der Waals surface area contributed by atoms with E-state index in [9.17, 15) is 18.4 Å². The van der Waals surface area contributed by atoms with E-state index in [1.807, 2.05) is 12.1 Å². The predicted molar refractivity (Wildman–Crippen MR) is 199 cm³/mol. The number of fused-ring (bicyclic) bond motifs is 3. The molecule has 2 atom stereocenters. The minimum Gasteiger partial charge on any atom is -0.495 e. The molecule has 14 heteroatoms. The van der Waals surface area contributed by atoms with Crippen molar-refractivity contribution in [3.05, 3.63) is 111 Å². The number of aromatic nitrogens is 1. The molecule has 3 aliphatic heterocycles. The zero-order chi connectivity index (χ0) is 38.4. The van der Waals surface area contributed by atoms with Gasteiger partial charge in [-0.25, -0.2) is 14.6 Å². The Kier molecular flexibility index (Phi) is 12.8. The van der Waals surface area contributed by atoms with Crippen LogP contribution in [0.2, 0.25) is 10.0 Å². The number of ether oxygens (including phenoxy) is 5. The van der Waals surface area contributed by atoms with Gasteiger partial charge in [-0.15, -0.1) is 0 Å². The molecule has 3 aliphatic rings. The monoisotopic (exact) mass is 784 g/mol. The Morgan fingerprint density at radius 2 is 1.63 bits per heavy atom. The van der Waals surface area contributed by atoms with Crippen LogP contribution in [0.4, 0.5) is 19.3 Å². The van der Waals surface area contributed by atoms with Crippen molar-refractivity contribution in [2.45, 2.75) is 64.6 Å². The summed E-state index contributed by atoms with van der Waals surface area (Å²) in [6, 6.07) is 18.3. The van der Waals surface area contributed by atoms with Crippen LogP contribution in [0.5, 0.6) is 17.2 Å². The number of carbonyl (C=O) groups is 2. The highest BCUT2D eigenvalue weighted by atomic mass is 35.5. The number of nitrogens with one attached hydrogen (secondary N) is 1. The van der Waals surface area contributed by atoms with Gasteiger partial charge in [0.05, 0.1) is 31.0 Å². The molecule has 0 spiro atoms. The highest BCUT2D eigenvalue weighted by Gasteiger charge is 2.38. The number of piperidine rings is 3. The van der Waals surface area contributed by atoms with Gasteiger partial charge in [0.25, 0.3) is 0 Å². The molecule has 1 amide bonds. The maximum absolute atomic E-state index is 13.8. The fourth-order valence-corrected chi connectivity index (χ4v) is 7.35. The quantitative estimate of drug-likeness (QED) is 0.117. The molecule has 1 aromatic heterocycles. The van der Waals surface area contributed by atoms with E-state index < -0.39 is 24.8 Å². The predicted octanol–water partition coefficient (Wildman–Crippen LogP) is 8.58.